The number of benzene rings is 1. The van der Waals surface area contributed by atoms with E-state index in [1.165, 1.54) is 0 Å². The number of hydrogen-bond donors (Lipinski definition) is 1. The lowest BCUT2D eigenvalue weighted by Gasteiger charge is -2.22. The molecule has 0 bridgehead atoms. The van der Waals surface area contributed by atoms with Crippen LogP contribution in [0.1, 0.15) is 19.5 Å². The summed E-state index contributed by atoms with van der Waals surface area (Å²) < 4.78 is 6.89. The second-order valence-electron chi connectivity index (χ2n) is 5.10. The Hall–Kier alpha value is -2.21. The predicted octanol–water partition coefficient (Wildman–Crippen LogP) is 1.09. The van der Waals surface area contributed by atoms with Gasteiger partial charge in [0.1, 0.15) is 5.60 Å². The second kappa shape index (κ2) is 5.83. The first-order chi connectivity index (χ1) is 9.50. The van der Waals surface area contributed by atoms with Crippen molar-refractivity contribution in [3.8, 4) is 5.69 Å². The van der Waals surface area contributed by atoms with E-state index in [0.29, 0.717) is 5.69 Å². The molecule has 0 fully saturated rings. The highest BCUT2D eigenvalue weighted by Crippen LogP contribution is 2.10. The summed E-state index contributed by atoms with van der Waals surface area (Å²) in [5.74, 6) is -0.361. The monoisotopic (exact) mass is 274 g/mol. The Morgan fingerprint density at radius 2 is 2.05 bits per heavy atom. The first-order valence-corrected chi connectivity index (χ1v) is 6.39. The Balaban J connectivity index is 2.02. The Labute approximate surface area is 117 Å². The van der Waals surface area contributed by atoms with Gasteiger partial charge in [-0.15, -0.1) is 5.10 Å². The van der Waals surface area contributed by atoms with Crippen LogP contribution in [0.5, 0.6) is 0 Å². The van der Waals surface area contributed by atoms with Gasteiger partial charge in [-0.05, 0) is 26.0 Å². The third-order valence-corrected chi connectivity index (χ3v) is 2.77. The number of aromatic nitrogens is 3. The van der Waals surface area contributed by atoms with Crippen molar-refractivity contribution in [3.63, 3.8) is 0 Å². The SMILES string of the molecule is CC(C)(CN)OC(=O)Cc1cn(-c2ccccc2)nn1. The van der Waals surface area contributed by atoms with Crippen LogP contribution in [0.2, 0.25) is 0 Å². The van der Waals surface area contributed by atoms with Gasteiger partial charge in [-0.1, -0.05) is 23.4 Å². The molecule has 6 heteroatoms. The molecule has 1 heterocycles. The molecule has 0 atom stereocenters. The van der Waals surface area contributed by atoms with Gasteiger partial charge in [0.2, 0.25) is 0 Å². The summed E-state index contributed by atoms with van der Waals surface area (Å²) in [6.07, 6.45) is 1.79. The molecule has 0 amide bonds. The Bertz CT molecular complexity index is 578. The molecule has 2 N–H and O–H groups in total. The fourth-order valence-electron chi connectivity index (χ4n) is 1.62. The van der Waals surface area contributed by atoms with Crippen molar-refractivity contribution in [2.75, 3.05) is 6.54 Å². The maximum absolute atomic E-state index is 11.8. The summed E-state index contributed by atoms with van der Waals surface area (Å²) in [6.45, 7) is 3.81. The van der Waals surface area contributed by atoms with E-state index in [4.69, 9.17) is 10.5 Å². The minimum atomic E-state index is -0.660. The van der Waals surface area contributed by atoms with E-state index < -0.39 is 5.60 Å². The van der Waals surface area contributed by atoms with Crippen LogP contribution < -0.4 is 5.73 Å². The first kappa shape index (κ1) is 14.2. The lowest BCUT2D eigenvalue weighted by atomic mass is 10.1. The molecule has 0 aliphatic carbocycles. The van der Waals surface area contributed by atoms with Crippen molar-refractivity contribution in [1.82, 2.24) is 15.0 Å². The standard InChI is InChI=1S/C14H18N4O2/c1-14(2,10-15)20-13(19)8-11-9-18(17-16-11)12-6-4-3-5-7-12/h3-7,9H,8,10,15H2,1-2H3. The van der Waals surface area contributed by atoms with Crippen LogP contribution >= 0.6 is 0 Å². The van der Waals surface area contributed by atoms with Crippen molar-refractivity contribution >= 4 is 5.97 Å². The Kier molecular flexibility index (Phi) is 4.14. The zero-order valence-electron chi connectivity index (χ0n) is 11.6. The molecule has 1 aromatic carbocycles. The van der Waals surface area contributed by atoms with Gasteiger partial charge in [0.25, 0.3) is 0 Å². The second-order valence-corrected chi connectivity index (χ2v) is 5.10. The summed E-state index contributed by atoms with van der Waals surface area (Å²) >= 11 is 0. The predicted molar refractivity (Wildman–Crippen MR) is 74.3 cm³/mol. The quantitative estimate of drug-likeness (QED) is 0.825. The minimum Gasteiger partial charge on any atom is -0.458 e. The van der Waals surface area contributed by atoms with Gasteiger partial charge in [0, 0.05) is 6.54 Å². The van der Waals surface area contributed by atoms with Crippen LogP contribution in [-0.4, -0.2) is 33.1 Å². The van der Waals surface area contributed by atoms with Gasteiger partial charge in [-0.25, -0.2) is 4.68 Å². The molecule has 1 aromatic heterocycles. The Morgan fingerprint density at radius 1 is 1.35 bits per heavy atom. The van der Waals surface area contributed by atoms with E-state index in [1.807, 2.05) is 30.3 Å². The van der Waals surface area contributed by atoms with E-state index in [2.05, 4.69) is 10.3 Å². The van der Waals surface area contributed by atoms with Crippen LogP contribution in [0.3, 0.4) is 0 Å². The number of rotatable bonds is 5. The first-order valence-electron chi connectivity index (χ1n) is 6.39. The van der Waals surface area contributed by atoms with Crippen LogP contribution in [0.4, 0.5) is 0 Å². The van der Waals surface area contributed by atoms with E-state index in [1.54, 1.807) is 24.7 Å². The van der Waals surface area contributed by atoms with Crippen LogP contribution in [0, 0.1) is 0 Å². The van der Waals surface area contributed by atoms with Crippen LogP contribution in [-0.2, 0) is 16.0 Å². The van der Waals surface area contributed by atoms with Gasteiger partial charge in [-0.3, -0.25) is 4.79 Å². The number of ether oxygens (including phenoxy) is 1. The van der Waals surface area contributed by atoms with Crippen molar-refractivity contribution in [1.29, 1.82) is 0 Å². The number of hydrogen-bond acceptors (Lipinski definition) is 5. The van der Waals surface area contributed by atoms with Gasteiger partial charge in [0.05, 0.1) is 24.0 Å². The molecule has 0 spiro atoms. The zero-order chi connectivity index (χ0) is 14.6. The molecule has 0 aliphatic heterocycles. The van der Waals surface area contributed by atoms with Gasteiger partial charge in [0.15, 0.2) is 0 Å². The normalized spacial score (nSPS) is 11.3. The fourth-order valence-corrected chi connectivity index (χ4v) is 1.62. The lowest BCUT2D eigenvalue weighted by Crippen LogP contribution is -2.36. The van der Waals surface area contributed by atoms with Crippen molar-refractivity contribution in [2.45, 2.75) is 25.9 Å². The molecule has 0 radical (unpaired) electrons. The summed E-state index contributed by atoms with van der Waals surface area (Å²) in [6, 6.07) is 9.57. The molecule has 2 rings (SSSR count). The molecule has 2 aromatic rings. The van der Waals surface area contributed by atoms with Gasteiger partial charge >= 0.3 is 5.97 Å². The summed E-state index contributed by atoms with van der Waals surface area (Å²) in [5, 5.41) is 7.96. The van der Waals surface area contributed by atoms with Crippen LogP contribution in [0.25, 0.3) is 5.69 Å². The molecular formula is C14H18N4O2. The molecule has 6 nitrogen and oxygen atoms in total. The average Bonchev–Trinajstić information content (AvgIpc) is 2.87. The van der Waals surface area contributed by atoms with E-state index >= 15 is 0 Å². The number of carbonyl (C=O) groups excluding carboxylic acids is 1. The average molecular weight is 274 g/mol. The molecule has 0 unspecified atom stereocenters. The van der Waals surface area contributed by atoms with Crippen molar-refractivity contribution < 1.29 is 9.53 Å². The number of nitrogens with two attached hydrogens (primary N) is 1. The molecule has 106 valence electrons. The molecule has 0 saturated heterocycles. The third kappa shape index (κ3) is 3.64. The number of esters is 1. The number of nitrogens with zero attached hydrogens (tertiary/aromatic N) is 3. The fraction of sp³-hybridized carbons (Fsp3) is 0.357. The van der Waals surface area contributed by atoms with Crippen molar-refractivity contribution in [3.05, 3.63) is 42.2 Å². The number of carbonyl (C=O) groups is 1. The smallest absolute Gasteiger partial charge is 0.312 e. The maximum Gasteiger partial charge on any atom is 0.312 e. The lowest BCUT2D eigenvalue weighted by molar-refractivity contribution is -0.154. The molecule has 0 saturated carbocycles. The topological polar surface area (TPSA) is 83.0 Å². The van der Waals surface area contributed by atoms with Gasteiger partial charge in [-0.2, -0.15) is 0 Å². The highest BCUT2D eigenvalue weighted by Gasteiger charge is 2.21. The molecular weight excluding hydrogens is 256 g/mol. The summed E-state index contributed by atoms with van der Waals surface area (Å²) in [5.41, 5.74) is 6.31. The van der Waals surface area contributed by atoms with Crippen LogP contribution in [0.15, 0.2) is 36.5 Å². The van der Waals surface area contributed by atoms with E-state index in [-0.39, 0.29) is 18.9 Å². The number of para-hydroxylation sites is 1. The minimum absolute atomic E-state index is 0.0796. The van der Waals surface area contributed by atoms with Crippen molar-refractivity contribution in [2.24, 2.45) is 5.73 Å². The highest BCUT2D eigenvalue weighted by molar-refractivity contribution is 5.72. The maximum atomic E-state index is 11.8. The molecule has 20 heavy (non-hydrogen) atoms. The Morgan fingerprint density at radius 3 is 2.70 bits per heavy atom. The highest BCUT2D eigenvalue weighted by atomic mass is 16.6. The molecule has 0 aliphatic rings. The summed E-state index contributed by atoms with van der Waals surface area (Å²) in [4.78, 5) is 11.8. The van der Waals surface area contributed by atoms with E-state index in [0.717, 1.165) is 5.69 Å². The zero-order valence-corrected chi connectivity index (χ0v) is 11.6. The van der Waals surface area contributed by atoms with Gasteiger partial charge < -0.3 is 10.5 Å². The third-order valence-electron chi connectivity index (χ3n) is 2.77. The largest absolute Gasteiger partial charge is 0.458 e. The summed E-state index contributed by atoms with van der Waals surface area (Å²) in [7, 11) is 0. The van der Waals surface area contributed by atoms with E-state index in [9.17, 15) is 4.79 Å².